The van der Waals surface area contributed by atoms with E-state index in [4.69, 9.17) is 0 Å². The predicted octanol–water partition coefficient (Wildman–Crippen LogP) is 1.58. The molecular formula is C14H19N5. The molecule has 1 atom stereocenters. The van der Waals surface area contributed by atoms with Crippen LogP contribution in [0.3, 0.4) is 0 Å². The zero-order valence-corrected chi connectivity index (χ0v) is 11.3. The molecule has 0 bridgehead atoms. The number of hydrogen-bond donors (Lipinski definition) is 2. The van der Waals surface area contributed by atoms with E-state index < -0.39 is 0 Å². The van der Waals surface area contributed by atoms with E-state index in [1.807, 2.05) is 0 Å². The number of aryl methyl sites for hydroxylation is 1. The summed E-state index contributed by atoms with van der Waals surface area (Å²) in [4.78, 5) is 6.82. The second kappa shape index (κ2) is 5.01. The minimum atomic E-state index is 0.482. The fourth-order valence-corrected chi connectivity index (χ4v) is 2.35. The largest absolute Gasteiger partial charge is 0.337 e. The van der Waals surface area contributed by atoms with Crippen LogP contribution in [0.1, 0.15) is 12.5 Å². The van der Waals surface area contributed by atoms with Gasteiger partial charge >= 0.3 is 0 Å². The van der Waals surface area contributed by atoms with Crippen LogP contribution in [-0.4, -0.2) is 40.9 Å². The van der Waals surface area contributed by atoms with Gasteiger partial charge in [0, 0.05) is 31.2 Å². The summed E-state index contributed by atoms with van der Waals surface area (Å²) in [5, 5.41) is 10.8. The minimum Gasteiger partial charge on any atom is -0.337 e. The molecule has 1 aliphatic rings. The van der Waals surface area contributed by atoms with Gasteiger partial charge in [0.15, 0.2) is 5.82 Å². The number of rotatable bonds is 2. The highest BCUT2D eigenvalue weighted by Crippen LogP contribution is 2.18. The molecule has 2 aromatic rings. The third-order valence-corrected chi connectivity index (χ3v) is 3.45. The Kier molecular flexibility index (Phi) is 3.21. The van der Waals surface area contributed by atoms with Crippen LogP contribution in [-0.2, 0) is 0 Å². The molecule has 100 valence electrons. The van der Waals surface area contributed by atoms with E-state index in [0.717, 1.165) is 37.0 Å². The maximum absolute atomic E-state index is 4.60. The van der Waals surface area contributed by atoms with Crippen molar-refractivity contribution in [1.82, 2.24) is 20.5 Å². The van der Waals surface area contributed by atoms with Crippen molar-refractivity contribution in [2.45, 2.75) is 19.9 Å². The molecule has 1 aromatic heterocycles. The molecule has 0 spiro atoms. The van der Waals surface area contributed by atoms with E-state index in [1.165, 1.54) is 5.56 Å². The Morgan fingerprint density at radius 2 is 2.05 bits per heavy atom. The van der Waals surface area contributed by atoms with Crippen molar-refractivity contribution >= 4 is 5.95 Å². The van der Waals surface area contributed by atoms with Gasteiger partial charge < -0.3 is 10.2 Å². The zero-order valence-electron chi connectivity index (χ0n) is 11.3. The third-order valence-electron chi connectivity index (χ3n) is 3.45. The molecule has 0 aliphatic carbocycles. The molecular weight excluding hydrogens is 238 g/mol. The van der Waals surface area contributed by atoms with Gasteiger partial charge in [0.25, 0.3) is 0 Å². The molecule has 2 heterocycles. The zero-order chi connectivity index (χ0) is 13.2. The lowest BCUT2D eigenvalue weighted by atomic mass is 10.1. The Hall–Kier alpha value is -1.88. The average Bonchev–Trinajstić information content (AvgIpc) is 2.89. The molecule has 2 N–H and O–H groups in total. The predicted molar refractivity (Wildman–Crippen MR) is 76.2 cm³/mol. The summed E-state index contributed by atoms with van der Waals surface area (Å²) in [6.07, 6.45) is 0. The van der Waals surface area contributed by atoms with Gasteiger partial charge in [-0.2, -0.15) is 4.98 Å². The Morgan fingerprint density at radius 1 is 1.26 bits per heavy atom. The van der Waals surface area contributed by atoms with Gasteiger partial charge in [-0.3, -0.25) is 5.10 Å². The van der Waals surface area contributed by atoms with Gasteiger partial charge in [-0.15, -0.1) is 5.10 Å². The molecule has 0 radical (unpaired) electrons. The van der Waals surface area contributed by atoms with Gasteiger partial charge in [0.05, 0.1) is 0 Å². The van der Waals surface area contributed by atoms with E-state index in [1.54, 1.807) is 0 Å². The molecule has 0 saturated carbocycles. The molecule has 3 rings (SSSR count). The van der Waals surface area contributed by atoms with Crippen molar-refractivity contribution in [3.05, 3.63) is 29.8 Å². The summed E-state index contributed by atoms with van der Waals surface area (Å²) in [6.45, 7) is 7.15. The molecule has 0 unspecified atom stereocenters. The fourth-order valence-electron chi connectivity index (χ4n) is 2.35. The molecule has 1 aliphatic heterocycles. The average molecular weight is 257 g/mol. The number of benzene rings is 1. The van der Waals surface area contributed by atoms with Gasteiger partial charge in [-0.1, -0.05) is 29.8 Å². The second-order valence-electron chi connectivity index (χ2n) is 5.15. The van der Waals surface area contributed by atoms with E-state index in [-0.39, 0.29) is 0 Å². The highest BCUT2D eigenvalue weighted by Gasteiger charge is 2.19. The van der Waals surface area contributed by atoms with Crippen molar-refractivity contribution in [3.8, 4) is 11.4 Å². The maximum Gasteiger partial charge on any atom is 0.245 e. The molecule has 0 amide bonds. The number of nitrogens with one attached hydrogen (secondary N) is 2. The number of piperazine rings is 1. The number of nitrogens with zero attached hydrogens (tertiary/aromatic N) is 3. The van der Waals surface area contributed by atoms with E-state index in [9.17, 15) is 0 Å². The van der Waals surface area contributed by atoms with Gasteiger partial charge in [0.2, 0.25) is 5.95 Å². The molecule has 1 aromatic carbocycles. The van der Waals surface area contributed by atoms with Crippen LogP contribution in [0.2, 0.25) is 0 Å². The first-order valence-electron chi connectivity index (χ1n) is 6.70. The summed E-state index contributed by atoms with van der Waals surface area (Å²) in [7, 11) is 0. The highest BCUT2D eigenvalue weighted by molar-refractivity contribution is 5.56. The van der Waals surface area contributed by atoms with Crippen molar-refractivity contribution in [3.63, 3.8) is 0 Å². The monoisotopic (exact) mass is 257 g/mol. The number of hydrogen-bond acceptors (Lipinski definition) is 4. The number of aromatic nitrogens is 3. The standard InChI is InChI=1S/C14H19N5/c1-10-3-5-12(6-4-10)13-16-14(18-17-13)19-8-7-15-11(2)9-19/h3-6,11,15H,7-9H2,1-2H3,(H,16,17,18)/t11-/m1/s1. The second-order valence-corrected chi connectivity index (χ2v) is 5.15. The van der Waals surface area contributed by atoms with Crippen molar-refractivity contribution in [2.75, 3.05) is 24.5 Å². The summed E-state index contributed by atoms with van der Waals surface area (Å²) in [5.41, 5.74) is 2.33. The first-order valence-corrected chi connectivity index (χ1v) is 6.70. The Bertz CT molecular complexity index is 545. The Morgan fingerprint density at radius 3 is 2.79 bits per heavy atom. The van der Waals surface area contributed by atoms with Gasteiger partial charge in [0.1, 0.15) is 0 Å². The summed E-state index contributed by atoms with van der Waals surface area (Å²) in [6, 6.07) is 8.80. The smallest absolute Gasteiger partial charge is 0.245 e. The molecule has 1 fully saturated rings. The summed E-state index contributed by atoms with van der Waals surface area (Å²) >= 11 is 0. The number of aromatic amines is 1. The molecule has 1 saturated heterocycles. The molecule has 5 heteroatoms. The Labute approximate surface area is 113 Å². The van der Waals surface area contributed by atoms with Crippen LogP contribution >= 0.6 is 0 Å². The lowest BCUT2D eigenvalue weighted by Gasteiger charge is -2.30. The lowest BCUT2D eigenvalue weighted by Crippen LogP contribution is -2.49. The van der Waals surface area contributed by atoms with E-state index >= 15 is 0 Å². The number of anilines is 1. The van der Waals surface area contributed by atoms with E-state index in [2.05, 4.69) is 63.5 Å². The van der Waals surface area contributed by atoms with Crippen molar-refractivity contribution in [2.24, 2.45) is 0 Å². The topological polar surface area (TPSA) is 56.8 Å². The van der Waals surface area contributed by atoms with Gasteiger partial charge in [-0.25, -0.2) is 0 Å². The van der Waals surface area contributed by atoms with Crippen LogP contribution in [0, 0.1) is 6.92 Å². The van der Waals surface area contributed by atoms with Crippen LogP contribution in [0.5, 0.6) is 0 Å². The maximum atomic E-state index is 4.60. The van der Waals surface area contributed by atoms with Crippen LogP contribution in [0.15, 0.2) is 24.3 Å². The summed E-state index contributed by atoms with van der Waals surface area (Å²) in [5.74, 6) is 1.63. The van der Waals surface area contributed by atoms with Crippen molar-refractivity contribution < 1.29 is 0 Å². The van der Waals surface area contributed by atoms with Crippen molar-refractivity contribution in [1.29, 1.82) is 0 Å². The molecule has 19 heavy (non-hydrogen) atoms. The Balaban J connectivity index is 1.81. The SMILES string of the molecule is Cc1ccc(-c2nc(N3CCN[C@H](C)C3)n[nH]2)cc1. The fraction of sp³-hybridized carbons (Fsp3) is 0.429. The third kappa shape index (κ3) is 2.61. The summed E-state index contributed by atoms with van der Waals surface area (Å²) < 4.78 is 0. The van der Waals surface area contributed by atoms with Gasteiger partial charge in [-0.05, 0) is 13.8 Å². The quantitative estimate of drug-likeness (QED) is 0.857. The minimum absolute atomic E-state index is 0.482. The van der Waals surface area contributed by atoms with Crippen LogP contribution in [0.25, 0.3) is 11.4 Å². The first kappa shape index (κ1) is 12.2. The van der Waals surface area contributed by atoms with E-state index in [0.29, 0.717) is 6.04 Å². The van der Waals surface area contributed by atoms with Crippen LogP contribution < -0.4 is 10.2 Å². The molecule has 5 nitrogen and oxygen atoms in total. The lowest BCUT2D eigenvalue weighted by molar-refractivity contribution is 0.480. The highest BCUT2D eigenvalue weighted by atomic mass is 15.4. The normalized spacial score (nSPS) is 19.7. The van der Waals surface area contributed by atoms with Crippen LogP contribution in [0.4, 0.5) is 5.95 Å². The number of H-pyrrole nitrogens is 1. The first-order chi connectivity index (χ1) is 9.22.